The van der Waals surface area contributed by atoms with E-state index in [2.05, 4.69) is 32.7 Å². The third-order valence-electron chi connectivity index (χ3n) is 5.68. The van der Waals surface area contributed by atoms with E-state index >= 15 is 0 Å². The zero-order valence-corrected chi connectivity index (χ0v) is 20.2. The number of benzene rings is 1. The van der Waals surface area contributed by atoms with Crippen LogP contribution in [0, 0.1) is 0 Å². The average molecular weight is 516 g/mol. The smallest absolute Gasteiger partial charge is 0.191 e. The number of methoxy groups -OCH3 is 1. The van der Waals surface area contributed by atoms with E-state index in [-0.39, 0.29) is 24.0 Å². The van der Waals surface area contributed by atoms with Crippen LogP contribution in [0.2, 0.25) is 0 Å². The highest BCUT2D eigenvalue weighted by Crippen LogP contribution is 2.32. The molecule has 1 saturated heterocycles. The number of nitrogens with one attached hydrogen (secondary N) is 2. The Morgan fingerprint density at radius 2 is 1.83 bits per heavy atom. The number of likely N-dealkylation sites (tertiary alicyclic amines) is 1. The van der Waals surface area contributed by atoms with Crippen molar-refractivity contribution in [3.63, 3.8) is 0 Å². The summed E-state index contributed by atoms with van der Waals surface area (Å²) in [5.41, 5.74) is 1.15. The summed E-state index contributed by atoms with van der Waals surface area (Å²) < 4.78 is 11.7. The van der Waals surface area contributed by atoms with Crippen molar-refractivity contribution in [1.82, 2.24) is 15.5 Å². The molecule has 164 valence electrons. The summed E-state index contributed by atoms with van der Waals surface area (Å²) in [6, 6.07) is 6.18. The molecule has 0 amide bonds. The third kappa shape index (κ3) is 7.85. The maximum Gasteiger partial charge on any atom is 0.191 e. The van der Waals surface area contributed by atoms with Crippen molar-refractivity contribution in [3.8, 4) is 11.5 Å². The fourth-order valence-corrected chi connectivity index (χ4v) is 4.03. The van der Waals surface area contributed by atoms with Gasteiger partial charge in [0.25, 0.3) is 0 Å². The van der Waals surface area contributed by atoms with Crippen molar-refractivity contribution in [3.05, 3.63) is 23.8 Å². The second-order valence-corrected chi connectivity index (χ2v) is 7.76. The molecular formula is C22H37IN4O2. The minimum absolute atomic E-state index is 0. The van der Waals surface area contributed by atoms with Gasteiger partial charge in [-0.25, -0.2) is 0 Å². The number of hydrogen-bond donors (Lipinski definition) is 2. The van der Waals surface area contributed by atoms with Crippen molar-refractivity contribution in [1.29, 1.82) is 0 Å². The van der Waals surface area contributed by atoms with Crippen molar-refractivity contribution in [2.45, 2.75) is 57.6 Å². The van der Waals surface area contributed by atoms with Gasteiger partial charge in [-0.15, -0.1) is 24.0 Å². The number of rotatable bonds is 8. The number of halogens is 1. The number of aliphatic imine (C=N–C) groups is 1. The highest BCUT2D eigenvalue weighted by molar-refractivity contribution is 14.0. The molecule has 1 aliphatic carbocycles. The molecule has 0 radical (unpaired) electrons. The van der Waals surface area contributed by atoms with E-state index < -0.39 is 0 Å². The molecular weight excluding hydrogens is 479 g/mol. The van der Waals surface area contributed by atoms with Gasteiger partial charge in [-0.2, -0.15) is 0 Å². The summed E-state index contributed by atoms with van der Waals surface area (Å²) in [7, 11) is 3.52. The molecule has 0 aromatic heterocycles. The van der Waals surface area contributed by atoms with Crippen LogP contribution in [0.3, 0.4) is 0 Å². The van der Waals surface area contributed by atoms with Gasteiger partial charge < -0.3 is 25.0 Å². The van der Waals surface area contributed by atoms with Crippen LogP contribution in [0.25, 0.3) is 0 Å². The largest absolute Gasteiger partial charge is 0.493 e. The van der Waals surface area contributed by atoms with E-state index in [0.717, 1.165) is 49.0 Å². The normalized spacial score (nSPS) is 18.2. The maximum atomic E-state index is 6.12. The summed E-state index contributed by atoms with van der Waals surface area (Å²) in [6.07, 6.45) is 9.18. The molecule has 7 heteroatoms. The molecule has 1 aromatic rings. The van der Waals surface area contributed by atoms with Crippen LogP contribution in [0.15, 0.2) is 23.2 Å². The molecule has 2 aliphatic rings. The van der Waals surface area contributed by atoms with Crippen LogP contribution < -0.4 is 20.1 Å². The van der Waals surface area contributed by atoms with E-state index in [1.54, 1.807) is 7.11 Å². The minimum atomic E-state index is 0. The van der Waals surface area contributed by atoms with Crippen LogP contribution in [0.1, 0.15) is 50.5 Å². The molecule has 6 nitrogen and oxygen atoms in total. The van der Waals surface area contributed by atoms with Gasteiger partial charge in [0, 0.05) is 26.7 Å². The lowest BCUT2D eigenvalue weighted by atomic mass is 10.1. The zero-order valence-electron chi connectivity index (χ0n) is 17.9. The Hall–Kier alpha value is -1.22. The number of ether oxygens (including phenoxy) is 2. The topological polar surface area (TPSA) is 58.1 Å². The van der Waals surface area contributed by atoms with Gasteiger partial charge >= 0.3 is 0 Å². The Balaban J connectivity index is 0.00000300. The predicted octanol–water partition coefficient (Wildman–Crippen LogP) is 3.79. The minimum Gasteiger partial charge on any atom is -0.493 e. The Bertz CT molecular complexity index is 629. The first kappa shape index (κ1) is 24.1. The third-order valence-corrected chi connectivity index (χ3v) is 5.68. The van der Waals surface area contributed by atoms with Crippen LogP contribution in [-0.4, -0.2) is 57.3 Å². The number of guanidine groups is 1. The second kappa shape index (κ2) is 13.2. The summed E-state index contributed by atoms with van der Waals surface area (Å²) in [5.74, 6) is 2.49. The van der Waals surface area contributed by atoms with Gasteiger partial charge in [0.2, 0.25) is 0 Å². The molecule has 0 bridgehead atoms. The highest BCUT2D eigenvalue weighted by Gasteiger charge is 2.18. The Morgan fingerprint density at radius 1 is 1.07 bits per heavy atom. The molecule has 29 heavy (non-hydrogen) atoms. The standard InChI is InChI=1S/C22H36N4O2.HI/c1-23-22(24-12-15-26-13-6-3-7-14-26)25-17-18-10-11-20(21(16-18)27-2)28-19-8-4-5-9-19;/h10-11,16,19H,3-9,12-15,17H2,1-2H3,(H2,23,24,25);1H. The average Bonchev–Trinajstić information content (AvgIpc) is 3.25. The van der Waals surface area contributed by atoms with Crippen molar-refractivity contribution in [2.75, 3.05) is 40.3 Å². The van der Waals surface area contributed by atoms with Gasteiger partial charge in [-0.3, -0.25) is 4.99 Å². The second-order valence-electron chi connectivity index (χ2n) is 7.76. The van der Waals surface area contributed by atoms with E-state index in [1.807, 2.05) is 13.1 Å². The fourth-order valence-electron chi connectivity index (χ4n) is 4.03. The van der Waals surface area contributed by atoms with Crippen LogP contribution >= 0.6 is 24.0 Å². The number of nitrogens with zero attached hydrogens (tertiary/aromatic N) is 2. The van der Waals surface area contributed by atoms with Crippen LogP contribution in [0.4, 0.5) is 0 Å². The molecule has 2 N–H and O–H groups in total. The quantitative estimate of drug-likeness (QED) is 0.313. The molecule has 0 unspecified atom stereocenters. The van der Waals surface area contributed by atoms with Gasteiger partial charge in [0.15, 0.2) is 17.5 Å². The Labute approximate surface area is 192 Å². The summed E-state index contributed by atoms with van der Waals surface area (Å²) in [5, 5.41) is 6.81. The first-order valence-electron chi connectivity index (χ1n) is 10.8. The first-order valence-corrected chi connectivity index (χ1v) is 10.8. The van der Waals surface area contributed by atoms with Crippen LogP contribution in [-0.2, 0) is 6.54 Å². The van der Waals surface area contributed by atoms with Crippen molar-refractivity contribution in [2.24, 2.45) is 4.99 Å². The molecule has 2 fully saturated rings. The highest BCUT2D eigenvalue weighted by atomic mass is 127. The van der Waals surface area contributed by atoms with E-state index in [1.165, 1.54) is 45.2 Å². The monoisotopic (exact) mass is 516 g/mol. The lowest BCUT2D eigenvalue weighted by Crippen LogP contribution is -2.42. The molecule has 1 aliphatic heterocycles. The van der Waals surface area contributed by atoms with Gasteiger partial charge in [-0.1, -0.05) is 12.5 Å². The lowest BCUT2D eigenvalue weighted by Gasteiger charge is -2.26. The molecule has 1 heterocycles. The fraction of sp³-hybridized carbons (Fsp3) is 0.682. The Morgan fingerprint density at radius 3 is 2.52 bits per heavy atom. The zero-order chi connectivity index (χ0) is 19.6. The molecule has 0 atom stereocenters. The SMILES string of the molecule is CN=C(NCCN1CCCCC1)NCc1ccc(OC2CCCC2)c(OC)c1.I. The summed E-state index contributed by atoms with van der Waals surface area (Å²) in [6.45, 7) is 5.13. The maximum absolute atomic E-state index is 6.12. The van der Waals surface area contributed by atoms with Crippen molar-refractivity contribution >= 4 is 29.9 Å². The first-order chi connectivity index (χ1) is 13.8. The van der Waals surface area contributed by atoms with E-state index in [0.29, 0.717) is 12.6 Å². The van der Waals surface area contributed by atoms with Crippen molar-refractivity contribution < 1.29 is 9.47 Å². The molecule has 0 spiro atoms. The van der Waals surface area contributed by atoms with Gasteiger partial charge in [-0.05, 0) is 69.3 Å². The number of piperidine rings is 1. The molecule has 1 aromatic carbocycles. The van der Waals surface area contributed by atoms with E-state index in [4.69, 9.17) is 9.47 Å². The summed E-state index contributed by atoms with van der Waals surface area (Å²) >= 11 is 0. The predicted molar refractivity (Wildman–Crippen MR) is 130 cm³/mol. The van der Waals surface area contributed by atoms with Crippen LogP contribution in [0.5, 0.6) is 11.5 Å². The molecule has 1 saturated carbocycles. The molecule has 3 rings (SSSR count). The Kier molecular flexibility index (Phi) is 10.9. The summed E-state index contributed by atoms with van der Waals surface area (Å²) in [4.78, 5) is 6.86. The van der Waals surface area contributed by atoms with E-state index in [9.17, 15) is 0 Å². The number of hydrogen-bond acceptors (Lipinski definition) is 4. The van der Waals surface area contributed by atoms with Gasteiger partial charge in [0.05, 0.1) is 13.2 Å². The lowest BCUT2D eigenvalue weighted by molar-refractivity contribution is 0.200. The van der Waals surface area contributed by atoms with Gasteiger partial charge in [0.1, 0.15) is 0 Å².